The molecule has 2 aromatic heterocycles. The highest BCUT2D eigenvalue weighted by atomic mass is 32.2. The summed E-state index contributed by atoms with van der Waals surface area (Å²) in [5.74, 6) is 0.636. The van der Waals surface area contributed by atoms with Gasteiger partial charge in [0.15, 0.2) is 5.16 Å². The number of nitrogens with one attached hydrogen (secondary N) is 1. The number of furan rings is 1. The lowest BCUT2D eigenvalue weighted by atomic mass is 10.2. The van der Waals surface area contributed by atoms with Crippen molar-refractivity contribution in [3.05, 3.63) is 46.3 Å². The lowest BCUT2D eigenvalue weighted by Gasteiger charge is -2.16. The summed E-state index contributed by atoms with van der Waals surface area (Å²) in [5, 5.41) is 3.16. The molecule has 130 valence electrons. The summed E-state index contributed by atoms with van der Waals surface area (Å²) in [7, 11) is 1.68. The summed E-state index contributed by atoms with van der Waals surface area (Å²) in [6, 6.07) is 5.14. The Morgan fingerprint density at radius 2 is 2.25 bits per heavy atom. The van der Waals surface area contributed by atoms with E-state index in [1.807, 2.05) is 19.9 Å². The van der Waals surface area contributed by atoms with E-state index in [0.717, 1.165) is 12.1 Å². The van der Waals surface area contributed by atoms with Crippen LogP contribution >= 0.6 is 11.8 Å². The molecule has 0 aliphatic rings. The molecule has 2 aromatic rings. The van der Waals surface area contributed by atoms with Gasteiger partial charge in [0.25, 0.3) is 5.56 Å². The summed E-state index contributed by atoms with van der Waals surface area (Å²) < 4.78 is 6.72. The fraction of sp³-hybridized carbons (Fsp3) is 0.471. The van der Waals surface area contributed by atoms with Gasteiger partial charge in [0.1, 0.15) is 5.76 Å². The second-order valence-corrected chi connectivity index (χ2v) is 6.64. The number of carbonyl (C=O) groups is 1. The Hall–Kier alpha value is -2.02. The van der Waals surface area contributed by atoms with E-state index < -0.39 is 0 Å². The van der Waals surface area contributed by atoms with Crippen molar-refractivity contribution in [3.63, 3.8) is 0 Å². The topological polar surface area (TPSA) is 77.1 Å². The number of hydrogen-bond donors (Lipinski definition) is 1. The van der Waals surface area contributed by atoms with Gasteiger partial charge in [-0.05, 0) is 25.0 Å². The van der Waals surface area contributed by atoms with Crippen LogP contribution in [0.5, 0.6) is 0 Å². The Labute approximate surface area is 145 Å². The summed E-state index contributed by atoms with van der Waals surface area (Å²) in [4.78, 5) is 29.0. The molecule has 0 spiro atoms. The van der Waals surface area contributed by atoms with Crippen LogP contribution in [0.1, 0.15) is 38.1 Å². The summed E-state index contributed by atoms with van der Waals surface area (Å²) in [6.07, 6.45) is 3.84. The van der Waals surface area contributed by atoms with Crippen molar-refractivity contribution in [2.24, 2.45) is 7.05 Å². The van der Waals surface area contributed by atoms with Crippen LogP contribution in [0, 0.1) is 0 Å². The van der Waals surface area contributed by atoms with Gasteiger partial charge in [-0.25, -0.2) is 4.98 Å². The molecule has 0 fully saturated rings. The van der Waals surface area contributed by atoms with E-state index in [9.17, 15) is 9.59 Å². The zero-order valence-corrected chi connectivity index (χ0v) is 15.1. The first-order valence-electron chi connectivity index (χ1n) is 8.08. The third-order valence-corrected chi connectivity index (χ3v) is 4.93. The predicted molar refractivity (Wildman–Crippen MR) is 94.0 cm³/mol. The number of thioether (sulfide) groups is 1. The molecule has 0 saturated heterocycles. The minimum atomic E-state index is -0.296. The van der Waals surface area contributed by atoms with Crippen molar-refractivity contribution in [2.75, 3.05) is 0 Å². The largest absolute Gasteiger partial charge is 0.467 e. The number of rotatable bonds is 8. The highest BCUT2D eigenvalue weighted by Gasteiger charge is 2.21. The lowest BCUT2D eigenvalue weighted by molar-refractivity contribution is -0.120. The minimum absolute atomic E-state index is 0.0746. The number of aromatic nitrogens is 2. The first-order chi connectivity index (χ1) is 11.5. The summed E-state index contributed by atoms with van der Waals surface area (Å²) >= 11 is 1.34. The van der Waals surface area contributed by atoms with Crippen molar-refractivity contribution >= 4 is 17.7 Å². The third-order valence-electron chi connectivity index (χ3n) is 3.62. The second-order valence-electron chi connectivity index (χ2n) is 5.47. The Morgan fingerprint density at radius 3 is 2.88 bits per heavy atom. The highest BCUT2D eigenvalue weighted by Crippen LogP contribution is 2.24. The summed E-state index contributed by atoms with van der Waals surface area (Å²) in [5.41, 5.74) is 0.641. The standard InChI is InChI=1S/C17H23N3O3S/c1-4-7-14(16(22)18-11-13-8-6-9-23-13)24-17-19-12(5-2)10-15(21)20(17)3/h6,8-10,14H,4-5,7,11H2,1-3H3,(H,18,22). The van der Waals surface area contributed by atoms with Gasteiger partial charge in [-0.3, -0.25) is 14.2 Å². The number of nitrogens with zero attached hydrogens (tertiary/aromatic N) is 2. The van der Waals surface area contributed by atoms with E-state index in [4.69, 9.17) is 4.42 Å². The van der Waals surface area contributed by atoms with Crippen LogP contribution < -0.4 is 10.9 Å². The molecule has 2 heterocycles. The average molecular weight is 349 g/mol. The molecular formula is C17H23N3O3S. The van der Waals surface area contributed by atoms with Gasteiger partial charge in [-0.2, -0.15) is 0 Å². The van der Waals surface area contributed by atoms with Crippen LogP contribution in [0.3, 0.4) is 0 Å². The van der Waals surface area contributed by atoms with Crippen LogP contribution in [0.15, 0.2) is 38.8 Å². The van der Waals surface area contributed by atoms with Crippen molar-refractivity contribution in [1.82, 2.24) is 14.9 Å². The Bertz CT molecular complexity index is 725. The van der Waals surface area contributed by atoms with E-state index in [1.165, 1.54) is 22.4 Å². The maximum absolute atomic E-state index is 12.5. The molecule has 0 radical (unpaired) electrons. The molecule has 1 amide bonds. The van der Waals surface area contributed by atoms with Crippen molar-refractivity contribution in [3.8, 4) is 0 Å². The predicted octanol–water partition coefficient (Wildman–Crippen LogP) is 2.51. The van der Waals surface area contributed by atoms with Crippen LogP contribution in [0.4, 0.5) is 0 Å². The van der Waals surface area contributed by atoms with Gasteiger partial charge >= 0.3 is 0 Å². The van der Waals surface area contributed by atoms with Crippen molar-refractivity contribution in [1.29, 1.82) is 0 Å². The number of carbonyl (C=O) groups excluding carboxylic acids is 1. The maximum Gasteiger partial charge on any atom is 0.254 e. The fourth-order valence-corrected chi connectivity index (χ4v) is 3.40. The molecular weight excluding hydrogens is 326 g/mol. The van der Waals surface area contributed by atoms with Crippen LogP contribution in [-0.4, -0.2) is 20.7 Å². The quantitative estimate of drug-likeness (QED) is 0.585. The SMILES string of the molecule is CCCC(Sc1nc(CC)cc(=O)n1C)C(=O)NCc1ccco1. The van der Waals surface area contributed by atoms with Crippen LogP contribution in [0.2, 0.25) is 0 Å². The fourth-order valence-electron chi connectivity index (χ4n) is 2.18. The van der Waals surface area contributed by atoms with Crippen LogP contribution in [-0.2, 0) is 24.8 Å². The molecule has 0 bridgehead atoms. The van der Waals surface area contributed by atoms with E-state index >= 15 is 0 Å². The van der Waals surface area contributed by atoms with E-state index in [1.54, 1.807) is 19.4 Å². The number of amides is 1. The molecule has 1 atom stereocenters. The first-order valence-corrected chi connectivity index (χ1v) is 8.96. The van der Waals surface area contributed by atoms with Gasteiger partial charge in [0.05, 0.1) is 18.1 Å². The third kappa shape index (κ3) is 4.74. The molecule has 0 saturated carbocycles. The average Bonchev–Trinajstić information content (AvgIpc) is 3.09. The van der Waals surface area contributed by atoms with Crippen molar-refractivity contribution in [2.45, 2.75) is 50.1 Å². The normalized spacial score (nSPS) is 12.1. The smallest absolute Gasteiger partial charge is 0.254 e. The molecule has 1 unspecified atom stereocenters. The molecule has 0 aromatic carbocycles. The Morgan fingerprint density at radius 1 is 1.46 bits per heavy atom. The lowest BCUT2D eigenvalue weighted by Crippen LogP contribution is -2.33. The number of hydrogen-bond acceptors (Lipinski definition) is 5. The van der Waals surface area contributed by atoms with Gasteiger partial charge < -0.3 is 9.73 Å². The van der Waals surface area contributed by atoms with Crippen molar-refractivity contribution < 1.29 is 9.21 Å². The summed E-state index contributed by atoms with van der Waals surface area (Å²) in [6.45, 7) is 4.34. The van der Waals surface area contributed by atoms with E-state index in [2.05, 4.69) is 10.3 Å². The molecule has 2 rings (SSSR count). The zero-order chi connectivity index (χ0) is 17.5. The molecule has 0 aliphatic heterocycles. The maximum atomic E-state index is 12.5. The Kier molecular flexibility index (Phi) is 6.66. The molecule has 1 N–H and O–H groups in total. The van der Waals surface area contributed by atoms with Crippen LogP contribution in [0.25, 0.3) is 0 Å². The van der Waals surface area contributed by atoms with Gasteiger partial charge in [-0.1, -0.05) is 32.0 Å². The highest BCUT2D eigenvalue weighted by molar-refractivity contribution is 8.00. The molecule has 24 heavy (non-hydrogen) atoms. The van der Waals surface area contributed by atoms with Gasteiger partial charge in [0.2, 0.25) is 5.91 Å². The molecule has 6 nitrogen and oxygen atoms in total. The number of aryl methyl sites for hydroxylation is 1. The Balaban J connectivity index is 2.11. The minimum Gasteiger partial charge on any atom is -0.467 e. The molecule has 0 aliphatic carbocycles. The zero-order valence-electron chi connectivity index (χ0n) is 14.2. The van der Waals surface area contributed by atoms with E-state index in [0.29, 0.717) is 30.3 Å². The second kappa shape index (κ2) is 8.73. The van der Waals surface area contributed by atoms with Gasteiger partial charge in [0, 0.05) is 18.8 Å². The van der Waals surface area contributed by atoms with Gasteiger partial charge in [-0.15, -0.1) is 0 Å². The molecule has 7 heteroatoms. The van der Waals surface area contributed by atoms with E-state index in [-0.39, 0.29) is 16.7 Å². The monoisotopic (exact) mass is 349 g/mol. The first kappa shape index (κ1) is 18.3.